The quantitative estimate of drug-likeness (QED) is 0.753. The monoisotopic (exact) mass is 245 g/mol. The summed E-state index contributed by atoms with van der Waals surface area (Å²) in [6, 6.07) is 0.227. The van der Waals surface area contributed by atoms with E-state index in [0.29, 0.717) is 5.75 Å². The van der Waals surface area contributed by atoms with Crippen LogP contribution in [0.15, 0.2) is 0 Å². The first-order valence-corrected chi connectivity index (χ1v) is 7.08. The van der Waals surface area contributed by atoms with Gasteiger partial charge in [-0.15, -0.1) is 0 Å². The second-order valence-electron chi connectivity index (χ2n) is 4.37. The van der Waals surface area contributed by atoms with Crippen molar-refractivity contribution in [3.63, 3.8) is 0 Å². The molecule has 4 nitrogen and oxygen atoms in total. The van der Waals surface area contributed by atoms with Crippen molar-refractivity contribution in [2.45, 2.75) is 19.4 Å². The molecule has 94 valence electrons. The summed E-state index contributed by atoms with van der Waals surface area (Å²) < 4.78 is 0. The average molecular weight is 245 g/mol. The van der Waals surface area contributed by atoms with Gasteiger partial charge in [-0.3, -0.25) is 4.79 Å². The average Bonchev–Trinajstić information content (AvgIpc) is 2.29. The molecule has 5 heteroatoms. The molecule has 0 radical (unpaired) electrons. The molecule has 0 aliphatic carbocycles. The Labute approximate surface area is 103 Å². The van der Waals surface area contributed by atoms with E-state index in [1.54, 1.807) is 11.8 Å². The molecule has 1 saturated heterocycles. The van der Waals surface area contributed by atoms with Gasteiger partial charge in [-0.25, -0.2) is 0 Å². The summed E-state index contributed by atoms with van der Waals surface area (Å²) in [4.78, 5) is 16.0. The molecule has 1 aliphatic heterocycles. The second-order valence-corrected chi connectivity index (χ2v) is 5.40. The molecule has 0 saturated carbocycles. The Morgan fingerprint density at radius 2 is 2.00 bits per heavy atom. The van der Waals surface area contributed by atoms with Crippen molar-refractivity contribution < 1.29 is 4.79 Å². The number of carbonyl (C=O) groups excluding carboxylic acids is 1. The minimum Gasteiger partial charge on any atom is -0.339 e. The maximum Gasteiger partial charge on any atom is 0.232 e. The molecule has 0 aromatic heterocycles. The van der Waals surface area contributed by atoms with E-state index in [1.165, 1.54) is 0 Å². The van der Waals surface area contributed by atoms with Crippen LogP contribution in [-0.4, -0.2) is 66.5 Å². The first-order chi connectivity index (χ1) is 7.63. The van der Waals surface area contributed by atoms with Gasteiger partial charge in [0.1, 0.15) is 0 Å². The number of hydrogen-bond acceptors (Lipinski definition) is 4. The zero-order chi connectivity index (χ0) is 12.0. The van der Waals surface area contributed by atoms with Crippen LogP contribution in [0.25, 0.3) is 0 Å². The third-order valence-electron chi connectivity index (χ3n) is 2.94. The Kier molecular flexibility index (Phi) is 6.16. The van der Waals surface area contributed by atoms with Gasteiger partial charge >= 0.3 is 0 Å². The number of likely N-dealkylation sites (N-methyl/N-ethyl adjacent to an activating group) is 1. The SMILES string of the molecule is CCC(N)CSCC(=O)N1CCN(C)CC1. The number of carbonyl (C=O) groups is 1. The Morgan fingerprint density at radius 3 is 2.56 bits per heavy atom. The Balaban J connectivity index is 2.15. The van der Waals surface area contributed by atoms with Gasteiger partial charge in [0.2, 0.25) is 5.91 Å². The summed E-state index contributed by atoms with van der Waals surface area (Å²) >= 11 is 1.66. The molecule has 1 unspecified atom stereocenters. The van der Waals surface area contributed by atoms with Crippen molar-refractivity contribution in [1.82, 2.24) is 9.80 Å². The number of amides is 1. The number of rotatable bonds is 5. The zero-order valence-electron chi connectivity index (χ0n) is 10.3. The molecule has 1 amide bonds. The van der Waals surface area contributed by atoms with Crippen molar-refractivity contribution in [2.75, 3.05) is 44.7 Å². The molecule has 1 fully saturated rings. The minimum absolute atomic E-state index is 0.227. The van der Waals surface area contributed by atoms with Gasteiger partial charge in [-0.2, -0.15) is 11.8 Å². The van der Waals surface area contributed by atoms with Crippen molar-refractivity contribution in [3.8, 4) is 0 Å². The fourth-order valence-electron chi connectivity index (χ4n) is 1.56. The number of thioether (sulfide) groups is 1. The van der Waals surface area contributed by atoms with Gasteiger partial charge in [0.25, 0.3) is 0 Å². The van der Waals surface area contributed by atoms with Crippen molar-refractivity contribution in [1.29, 1.82) is 0 Å². The van der Waals surface area contributed by atoms with E-state index in [0.717, 1.165) is 38.4 Å². The molecule has 2 N–H and O–H groups in total. The molecular weight excluding hydrogens is 222 g/mol. The summed E-state index contributed by atoms with van der Waals surface area (Å²) in [5.74, 6) is 1.73. The maximum atomic E-state index is 11.8. The van der Waals surface area contributed by atoms with Crippen LogP contribution in [-0.2, 0) is 4.79 Å². The Bertz CT molecular complexity index is 217. The van der Waals surface area contributed by atoms with Crippen LogP contribution in [0.3, 0.4) is 0 Å². The third kappa shape index (κ3) is 4.72. The molecule has 0 bridgehead atoms. The standard InChI is InChI=1S/C11H23N3OS/c1-3-10(12)8-16-9-11(15)14-6-4-13(2)5-7-14/h10H,3-9,12H2,1-2H3. The van der Waals surface area contributed by atoms with E-state index < -0.39 is 0 Å². The number of nitrogens with zero attached hydrogens (tertiary/aromatic N) is 2. The van der Waals surface area contributed by atoms with Crippen LogP contribution in [0.5, 0.6) is 0 Å². The van der Waals surface area contributed by atoms with Crippen molar-refractivity contribution in [3.05, 3.63) is 0 Å². The van der Waals surface area contributed by atoms with Gasteiger partial charge in [0, 0.05) is 38.0 Å². The van der Waals surface area contributed by atoms with E-state index in [9.17, 15) is 4.79 Å². The van der Waals surface area contributed by atoms with Crippen LogP contribution in [0.1, 0.15) is 13.3 Å². The molecule has 1 heterocycles. The lowest BCUT2D eigenvalue weighted by Gasteiger charge is -2.32. The fourth-order valence-corrected chi connectivity index (χ4v) is 2.58. The maximum absolute atomic E-state index is 11.8. The first kappa shape index (κ1) is 13.8. The van der Waals surface area contributed by atoms with E-state index in [1.807, 2.05) is 4.90 Å². The summed E-state index contributed by atoms with van der Waals surface area (Å²) in [6.45, 7) is 5.80. The van der Waals surface area contributed by atoms with Gasteiger partial charge in [-0.1, -0.05) is 6.92 Å². The summed E-state index contributed by atoms with van der Waals surface area (Å²) in [6.07, 6.45) is 0.982. The molecule has 1 rings (SSSR count). The Morgan fingerprint density at radius 1 is 1.38 bits per heavy atom. The minimum atomic E-state index is 0.227. The topological polar surface area (TPSA) is 49.6 Å². The van der Waals surface area contributed by atoms with Crippen LogP contribution < -0.4 is 5.73 Å². The lowest BCUT2D eigenvalue weighted by atomic mass is 10.3. The highest BCUT2D eigenvalue weighted by Crippen LogP contribution is 2.07. The van der Waals surface area contributed by atoms with E-state index in [-0.39, 0.29) is 11.9 Å². The highest BCUT2D eigenvalue weighted by atomic mass is 32.2. The molecule has 1 aliphatic rings. The molecular formula is C11H23N3OS. The highest BCUT2D eigenvalue weighted by Gasteiger charge is 2.18. The summed E-state index contributed by atoms with van der Waals surface area (Å²) in [7, 11) is 2.09. The van der Waals surface area contributed by atoms with Crippen LogP contribution >= 0.6 is 11.8 Å². The number of piperazine rings is 1. The highest BCUT2D eigenvalue weighted by molar-refractivity contribution is 7.99. The summed E-state index contributed by atoms with van der Waals surface area (Å²) in [5.41, 5.74) is 5.80. The van der Waals surface area contributed by atoms with Gasteiger partial charge in [0.15, 0.2) is 0 Å². The van der Waals surface area contributed by atoms with Crippen LogP contribution in [0, 0.1) is 0 Å². The summed E-state index contributed by atoms with van der Waals surface area (Å²) in [5, 5.41) is 0. The smallest absolute Gasteiger partial charge is 0.232 e. The van der Waals surface area contributed by atoms with Gasteiger partial charge in [-0.05, 0) is 13.5 Å². The van der Waals surface area contributed by atoms with Crippen LogP contribution in [0.2, 0.25) is 0 Å². The molecule has 1 atom stereocenters. The first-order valence-electron chi connectivity index (χ1n) is 5.93. The number of nitrogens with two attached hydrogens (primary N) is 1. The van der Waals surface area contributed by atoms with E-state index >= 15 is 0 Å². The lowest BCUT2D eigenvalue weighted by molar-refractivity contribution is -0.129. The van der Waals surface area contributed by atoms with E-state index in [4.69, 9.17) is 5.73 Å². The fraction of sp³-hybridized carbons (Fsp3) is 0.909. The van der Waals surface area contributed by atoms with Gasteiger partial charge < -0.3 is 15.5 Å². The largest absolute Gasteiger partial charge is 0.339 e. The number of hydrogen-bond donors (Lipinski definition) is 1. The molecule has 0 spiro atoms. The normalized spacial score (nSPS) is 19.8. The third-order valence-corrected chi connectivity index (χ3v) is 4.05. The Hall–Kier alpha value is -0.260. The predicted octanol–water partition coefficient (Wildman–Crippen LogP) is 0.231. The molecule has 0 aromatic carbocycles. The van der Waals surface area contributed by atoms with Crippen molar-refractivity contribution >= 4 is 17.7 Å². The molecule has 0 aromatic rings. The van der Waals surface area contributed by atoms with E-state index in [2.05, 4.69) is 18.9 Å². The zero-order valence-corrected chi connectivity index (χ0v) is 11.1. The van der Waals surface area contributed by atoms with Crippen molar-refractivity contribution in [2.24, 2.45) is 5.73 Å². The molecule has 16 heavy (non-hydrogen) atoms. The van der Waals surface area contributed by atoms with Crippen LogP contribution in [0.4, 0.5) is 0 Å². The second kappa shape index (κ2) is 7.14. The lowest BCUT2D eigenvalue weighted by Crippen LogP contribution is -2.47. The predicted molar refractivity (Wildman–Crippen MR) is 69.7 cm³/mol. The van der Waals surface area contributed by atoms with Gasteiger partial charge in [0.05, 0.1) is 5.75 Å².